The third-order valence-electron chi connectivity index (χ3n) is 6.94. The fraction of sp³-hybridized carbons (Fsp3) is 0.654. The largest absolute Gasteiger partial charge is 0.459 e. The quantitative estimate of drug-likeness (QED) is 0.589. The minimum Gasteiger partial charge on any atom is -0.459 e. The maximum absolute atomic E-state index is 13.4. The molecule has 0 saturated carbocycles. The molecule has 1 N–H and O–H groups in total. The van der Waals surface area contributed by atoms with E-state index in [-0.39, 0.29) is 31.1 Å². The van der Waals surface area contributed by atoms with Gasteiger partial charge in [-0.3, -0.25) is 9.69 Å². The van der Waals surface area contributed by atoms with Crippen molar-refractivity contribution in [3.05, 3.63) is 35.6 Å². The Balaban J connectivity index is 1.37. The lowest BCUT2D eigenvalue weighted by molar-refractivity contribution is -0.178. The lowest BCUT2D eigenvalue weighted by atomic mass is 9.78. The molecule has 1 amide bonds. The van der Waals surface area contributed by atoms with Crippen LogP contribution in [-0.2, 0) is 20.8 Å². The SMILES string of the molecule is CCO[C@@H]1OC(C(=O)N2CCN(Cc3ccc4c(c3)OCO4)CC2)=C[C@H](C(C)C)[C@H]1CCCO. The Bertz CT molecular complexity index is 865. The summed E-state index contributed by atoms with van der Waals surface area (Å²) in [4.78, 5) is 17.6. The van der Waals surface area contributed by atoms with E-state index in [1.807, 2.05) is 30.0 Å². The van der Waals surface area contributed by atoms with Crippen molar-refractivity contribution in [1.29, 1.82) is 0 Å². The van der Waals surface area contributed by atoms with E-state index in [9.17, 15) is 9.90 Å². The van der Waals surface area contributed by atoms with Gasteiger partial charge in [-0.2, -0.15) is 0 Å². The molecule has 3 heterocycles. The van der Waals surface area contributed by atoms with E-state index >= 15 is 0 Å². The van der Waals surface area contributed by atoms with E-state index in [0.717, 1.165) is 37.6 Å². The number of fused-ring (bicyclic) bond motifs is 1. The smallest absolute Gasteiger partial charge is 0.288 e. The van der Waals surface area contributed by atoms with E-state index in [1.54, 1.807) is 0 Å². The first kappa shape index (κ1) is 24.8. The number of rotatable bonds is 9. The summed E-state index contributed by atoms with van der Waals surface area (Å²) in [7, 11) is 0. The molecule has 1 saturated heterocycles. The van der Waals surface area contributed by atoms with Crippen LogP contribution in [-0.4, -0.2) is 73.3 Å². The molecule has 0 aromatic heterocycles. The van der Waals surface area contributed by atoms with Gasteiger partial charge in [0.2, 0.25) is 13.1 Å². The second-order valence-corrected chi connectivity index (χ2v) is 9.58. The molecule has 1 fully saturated rings. The van der Waals surface area contributed by atoms with E-state index < -0.39 is 6.29 Å². The standard InChI is InChI=1S/C26H38N2O6/c1-4-31-26-20(6-5-13-29)21(18(2)3)15-24(34-26)25(30)28-11-9-27(10-12-28)16-19-7-8-22-23(14-19)33-17-32-22/h7-8,14-15,18,20-21,26,29H,4-6,9-13,16-17H2,1-3H3/t20-,21-,26-/m1/s1. The predicted octanol–water partition coefficient (Wildman–Crippen LogP) is 3.00. The number of carbonyl (C=O) groups excluding carboxylic acids is 1. The van der Waals surface area contributed by atoms with Gasteiger partial charge in [-0.1, -0.05) is 19.9 Å². The topological polar surface area (TPSA) is 80.7 Å². The number of benzene rings is 1. The number of aliphatic hydroxyl groups excluding tert-OH is 1. The third-order valence-corrected chi connectivity index (χ3v) is 6.94. The van der Waals surface area contributed by atoms with Crippen molar-refractivity contribution in [1.82, 2.24) is 9.80 Å². The first-order valence-corrected chi connectivity index (χ1v) is 12.5. The van der Waals surface area contributed by atoms with E-state index in [0.29, 0.717) is 37.8 Å². The average molecular weight is 475 g/mol. The van der Waals surface area contributed by atoms with Crippen LogP contribution in [0.2, 0.25) is 0 Å². The minimum atomic E-state index is -0.458. The number of hydrogen-bond acceptors (Lipinski definition) is 7. The molecule has 8 nitrogen and oxygen atoms in total. The summed E-state index contributed by atoms with van der Waals surface area (Å²) in [5, 5.41) is 9.33. The van der Waals surface area contributed by atoms with Crippen LogP contribution in [0, 0.1) is 17.8 Å². The summed E-state index contributed by atoms with van der Waals surface area (Å²) in [5.41, 5.74) is 1.18. The first-order chi connectivity index (χ1) is 16.5. The number of amides is 1. The van der Waals surface area contributed by atoms with Crippen LogP contribution in [0.3, 0.4) is 0 Å². The Kier molecular flexibility index (Phi) is 8.34. The molecule has 3 aliphatic heterocycles. The highest BCUT2D eigenvalue weighted by molar-refractivity contribution is 5.91. The molecule has 0 radical (unpaired) electrons. The Morgan fingerprint density at radius 2 is 1.94 bits per heavy atom. The normalized spacial score (nSPS) is 24.8. The van der Waals surface area contributed by atoms with Gasteiger partial charge >= 0.3 is 0 Å². The molecular formula is C26H38N2O6. The monoisotopic (exact) mass is 474 g/mol. The van der Waals surface area contributed by atoms with Gasteiger partial charge in [0, 0.05) is 51.9 Å². The van der Waals surface area contributed by atoms with Gasteiger partial charge in [0.1, 0.15) is 0 Å². The van der Waals surface area contributed by atoms with Crippen molar-refractivity contribution in [3.63, 3.8) is 0 Å². The van der Waals surface area contributed by atoms with Gasteiger partial charge in [0.25, 0.3) is 5.91 Å². The van der Waals surface area contributed by atoms with Gasteiger partial charge in [0.05, 0.1) is 0 Å². The Morgan fingerprint density at radius 1 is 1.18 bits per heavy atom. The number of carbonyl (C=O) groups is 1. The molecule has 8 heteroatoms. The van der Waals surface area contributed by atoms with Crippen LogP contribution in [0.15, 0.2) is 30.0 Å². The maximum atomic E-state index is 13.4. The molecule has 1 aromatic carbocycles. The Morgan fingerprint density at radius 3 is 2.65 bits per heavy atom. The molecule has 3 atom stereocenters. The van der Waals surface area contributed by atoms with Crippen LogP contribution in [0.5, 0.6) is 11.5 Å². The zero-order chi connectivity index (χ0) is 24.1. The van der Waals surface area contributed by atoms with Gasteiger partial charge in [-0.25, -0.2) is 0 Å². The van der Waals surface area contributed by atoms with Crippen molar-refractivity contribution in [2.24, 2.45) is 17.8 Å². The van der Waals surface area contributed by atoms with Crippen molar-refractivity contribution in [2.45, 2.75) is 46.4 Å². The highest BCUT2D eigenvalue weighted by atomic mass is 16.7. The molecule has 0 spiro atoms. The van der Waals surface area contributed by atoms with Gasteiger partial charge in [0.15, 0.2) is 17.3 Å². The second kappa shape index (κ2) is 11.4. The van der Waals surface area contributed by atoms with Crippen molar-refractivity contribution < 1.29 is 28.8 Å². The number of hydrogen-bond donors (Lipinski definition) is 1. The predicted molar refractivity (Wildman–Crippen MR) is 127 cm³/mol. The molecule has 0 unspecified atom stereocenters. The highest BCUT2D eigenvalue weighted by Crippen LogP contribution is 2.37. The fourth-order valence-electron chi connectivity index (χ4n) is 5.08. The molecule has 3 aliphatic rings. The lowest BCUT2D eigenvalue weighted by Gasteiger charge is -2.40. The van der Waals surface area contributed by atoms with Crippen LogP contribution in [0.1, 0.15) is 39.2 Å². The van der Waals surface area contributed by atoms with Crippen LogP contribution < -0.4 is 9.47 Å². The Hall–Kier alpha value is -2.29. The molecular weight excluding hydrogens is 436 g/mol. The summed E-state index contributed by atoms with van der Waals surface area (Å²) in [6.07, 6.45) is 3.05. The van der Waals surface area contributed by atoms with E-state index in [4.69, 9.17) is 18.9 Å². The maximum Gasteiger partial charge on any atom is 0.288 e. The fourth-order valence-corrected chi connectivity index (χ4v) is 5.08. The summed E-state index contributed by atoms with van der Waals surface area (Å²) in [5.74, 6) is 2.58. The van der Waals surface area contributed by atoms with E-state index in [2.05, 4.69) is 24.8 Å². The summed E-state index contributed by atoms with van der Waals surface area (Å²) in [6, 6.07) is 6.06. The number of ether oxygens (including phenoxy) is 4. The average Bonchev–Trinajstić information content (AvgIpc) is 3.31. The number of nitrogens with zero attached hydrogens (tertiary/aromatic N) is 2. The van der Waals surface area contributed by atoms with Crippen LogP contribution in [0.25, 0.3) is 0 Å². The third kappa shape index (κ3) is 5.67. The zero-order valence-corrected chi connectivity index (χ0v) is 20.6. The van der Waals surface area contributed by atoms with Crippen molar-refractivity contribution in [3.8, 4) is 11.5 Å². The molecule has 4 rings (SSSR count). The van der Waals surface area contributed by atoms with Crippen molar-refractivity contribution >= 4 is 5.91 Å². The molecule has 34 heavy (non-hydrogen) atoms. The van der Waals surface area contributed by atoms with Crippen LogP contribution >= 0.6 is 0 Å². The minimum absolute atomic E-state index is 0.0568. The Labute approximate surface area is 202 Å². The first-order valence-electron chi connectivity index (χ1n) is 12.5. The second-order valence-electron chi connectivity index (χ2n) is 9.58. The molecule has 188 valence electrons. The van der Waals surface area contributed by atoms with Crippen molar-refractivity contribution in [2.75, 3.05) is 46.2 Å². The summed E-state index contributed by atoms with van der Waals surface area (Å²) in [6.45, 7) is 10.9. The van der Waals surface area contributed by atoms with Gasteiger partial charge in [-0.05, 0) is 55.4 Å². The number of aliphatic hydroxyl groups is 1. The lowest BCUT2D eigenvalue weighted by Crippen LogP contribution is -2.50. The van der Waals surface area contributed by atoms with Crippen LogP contribution in [0.4, 0.5) is 0 Å². The number of piperazine rings is 1. The summed E-state index contributed by atoms with van der Waals surface area (Å²) >= 11 is 0. The van der Waals surface area contributed by atoms with Gasteiger partial charge in [-0.15, -0.1) is 0 Å². The molecule has 1 aromatic rings. The summed E-state index contributed by atoms with van der Waals surface area (Å²) < 4.78 is 22.9. The molecule has 0 aliphatic carbocycles. The zero-order valence-electron chi connectivity index (χ0n) is 20.6. The van der Waals surface area contributed by atoms with Gasteiger partial charge < -0.3 is 29.0 Å². The number of allylic oxidation sites excluding steroid dienone is 1. The highest BCUT2D eigenvalue weighted by Gasteiger charge is 2.39. The molecule has 0 bridgehead atoms. The van der Waals surface area contributed by atoms with E-state index in [1.165, 1.54) is 5.56 Å².